The second-order valence-electron chi connectivity index (χ2n) is 8.85. The largest absolute Gasteiger partial charge is 0.462 e. The van der Waals surface area contributed by atoms with Crippen LogP contribution in [0.1, 0.15) is 33.7 Å². The minimum absolute atomic E-state index is 0.239. The number of hydrogen-bond donors (Lipinski definition) is 3. The second-order valence-corrected chi connectivity index (χ2v) is 8.85. The second kappa shape index (κ2) is 10.0. The van der Waals surface area contributed by atoms with Gasteiger partial charge in [-0.25, -0.2) is 4.98 Å². The Morgan fingerprint density at radius 3 is 2.45 bits per heavy atom. The van der Waals surface area contributed by atoms with Gasteiger partial charge in [-0.2, -0.15) is 0 Å². The predicted molar refractivity (Wildman–Crippen MR) is 146 cm³/mol. The van der Waals surface area contributed by atoms with Crippen LogP contribution < -0.4 is 15.4 Å². The van der Waals surface area contributed by atoms with E-state index in [1.165, 1.54) is 0 Å². The van der Waals surface area contributed by atoms with Crippen molar-refractivity contribution in [3.63, 3.8) is 0 Å². The van der Waals surface area contributed by atoms with Crippen LogP contribution in [0.3, 0.4) is 0 Å². The molecule has 2 aromatic heterocycles. The van der Waals surface area contributed by atoms with Crippen molar-refractivity contribution in [2.75, 3.05) is 5.32 Å². The molecule has 0 atom stereocenters. The number of aromatic amines is 1. The molecule has 0 spiro atoms. The van der Waals surface area contributed by atoms with Gasteiger partial charge in [0.2, 0.25) is 5.95 Å². The first-order chi connectivity index (χ1) is 18.6. The maximum atomic E-state index is 13.1. The van der Waals surface area contributed by atoms with Crippen LogP contribution in [-0.2, 0) is 0 Å². The average Bonchev–Trinajstić information content (AvgIpc) is 3.37. The zero-order valence-electron chi connectivity index (χ0n) is 20.3. The molecular formula is C30H23N5O3. The van der Waals surface area contributed by atoms with E-state index in [-0.39, 0.29) is 17.5 Å². The Bertz CT molecular complexity index is 1740. The summed E-state index contributed by atoms with van der Waals surface area (Å²) in [6, 6.07) is 24.3. The van der Waals surface area contributed by atoms with Gasteiger partial charge < -0.3 is 15.0 Å². The third kappa shape index (κ3) is 4.87. The molecule has 0 saturated heterocycles. The summed E-state index contributed by atoms with van der Waals surface area (Å²) in [6.45, 7) is 0. The monoisotopic (exact) mass is 501 g/mol. The topological polar surface area (TPSA) is 109 Å². The molecule has 1 aliphatic carbocycles. The van der Waals surface area contributed by atoms with Crippen molar-refractivity contribution in [1.29, 1.82) is 0 Å². The van der Waals surface area contributed by atoms with Crippen LogP contribution in [0.4, 0.5) is 5.95 Å². The third-order valence-corrected chi connectivity index (χ3v) is 6.23. The molecule has 5 aromatic rings. The molecule has 8 nitrogen and oxygen atoms in total. The van der Waals surface area contributed by atoms with Gasteiger partial charge in [-0.3, -0.25) is 19.9 Å². The van der Waals surface area contributed by atoms with Crippen LogP contribution in [0.2, 0.25) is 0 Å². The van der Waals surface area contributed by atoms with Crippen LogP contribution in [0.5, 0.6) is 5.75 Å². The molecule has 3 N–H and O–H groups in total. The molecule has 3 aromatic carbocycles. The Morgan fingerprint density at radius 2 is 1.63 bits per heavy atom. The number of nitrogens with one attached hydrogen (secondary N) is 3. The average molecular weight is 502 g/mol. The van der Waals surface area contributed by atoms with E-state index in [0.717, 1.165) is 28.0 Å². The molecule has 0 saturated carbocycles. The number of carbonyl (C=O) groups excluding carboxylic acids is 2. The number of H-pyrrole nitrogens is 1. The van der Waals surface area contributed by atoms with Gasteiger partial charge in [-0.1, -0.05) is 48.5 Å². The van der Waals surface area contributed by atoms with Gasteiger partial charge >= 0.3 is 0 Å². The van der Waals surface area contributed by atoms with Gasteiger partial charge in [-0.15, -0.1) is 0 Å². The fourth-order valence-corrected chi connectivity index (χ4v) is 4.31. The minimum Gasteiger partial charge on any atom is -0.462 e. The first kappa shape index (κ1) is 23.2. The van der Waals surface area contributed by atoms with Gasteiger partial charge in [-0.05, 0) is 54.3 Å². The molecule has 0 radical (unpaired) electrons. The number of carbonyl (C=O) groups is 2. The number of anilines is 1. The smallest absolute Gasteiger partial charge is 0.276 e. The summed E-state index contributed by atoms with van der Waals surface area (Å²) in [6.07, 6.45) is 6.70. The summed E-state index contributed by atoms with van der Waals surface area (Å²) in [5.74, 6) is 1.19. The molecular weight excluding hydrogens is 478 g/mol. The normalized spacial score (nSPS) is 13.1. The molecule has 6 rings (SSSR count). The van der Waals surface area contributed by atoms with Gasteiger partial charge in [0, 0.05) is 23.7 Å². The van der Waals surface area contributed by atoms with Crippen LogP contribution in [0.25, 0.3) is 21.8 Å². The minimum atomic E-state index is -0.395. The first-order valence-electron chi connectivity index (χ1n) is 12.2. The highest BCUT2D eigenvalue weighted by molar-refractivity contribution is 6.08. The number of amides is 2. The lowest BCUT2D eigenvalue weighted by Gasteiger charge is -2.16. The summed E-state index contributed by atoms with van der Waals surface area (Å²) in [5.41, 5.74) is 2.57. The molecule has 1 aliphatic rings. The number of ether oxygens (including phenoxy) is 1. The van der Waals surface area contributed by atoms with Crippen molar-refractivity contribution in [3.05, 3.63) is 120 Å². The highest BCUT2D eigenvalue weighted by Gasteiger charge is 2.18. The fraction of sp³-hybridized carbons (Fsp3) is 0.0667. The zero-order chi connectivity index (χ0) is 25.9. The fourth-order valence-electron chi connectivity index (χ4n) is 4.31. The van der Waals surface area contributed by atoms with Crippen LogP contribution in [0, 0.1) is 0 Å². The summed E-state index contributed by atoms with van der Waals surface area (Å²) >= 11 is 0. The molecule has 0 fully saturated rings. The SMILES string of the molecule is O=C(Nc1nc2c(C(=O)NC3=CC=C(Oc4ccccc4)CC3)cccc2[nH]1)c1cc2ccccc2cn1. The lowest BCUT2D eigenvalue weighted by atomic mass is 10.1. The Labute approximate surface area is 218 Å². The highest BCUT2D eigenvalue weighted by Crippen LogP contribution is 2.23. The maximum Gasteiger partial charge on any atom is 0.276 e. The molecule has 2 amide bonds. The van der Waals surface area contributed by atoms with E-state index in [0.29, 0.717) is 29.4 Å². The zero-order valence-corrected chi connectivity index (χ0v) is 20.3. The number of fused-ring (bicyclic) bond motifs is 2. The quantitative estimate of drug-likeness (QED) is 0.275. The number of imidazole rings is 1. The van der Waals surface area contributed by atoms with Gasteiger partial charge in [0.25, 0.3) is 11.8 Å². The summed E-state index contributed by atoms with van der Waals surface area (Å²) in [5, 5.41) is 7.60. The highest BCUT2D eigenvalue weighted by atomic mass is 16.5. The van der Waals surface area contributed by atoms with Gasteiger partial charge in [0.15, 0.2) is 0 Å². The van der Waals surface area contributed by atoms with Crippen molar-refractivity contribution in [1.82, 2.24) is 20.3 Å². The maximum absolute atomic E-state index is 13.1. The molecule has 0 aliphatic heterocycles. The van der Waals surface area contributed by atoms with Crippen molar-refractivity contribution in [3.8, 4) is 5.75 Å². The molecule has 0 bridgehead atoms. The number of nitrogens with zero attached hydrogens (tertiary/aromatic N) is 2. The molecule has 2 heterocycles. The number of aromatic nitrogens is 3. The summed E-state index contributed by atoms with van der Waals surface area (Å²) in [4.78, 5) is 37.8. The number of pyridine rings is 1. The summed E-state index contributed by atoms with van der Waals surface area (Å²) in [7, 11) is 0. The number of allylic oxidation sites excluding steroid dienone is 4. The van der Waals surface area contributed by atoms with E-state index < -0.39 is 5.91 Å². The van der Waals surface area contributed by atoms with E-state index in [9.17, 15) is 9.59 Å². The van der Waals surface area contributed by atoms with Crippen molar-refractivity contribution in [2.45, 2.75) is 12.8 Å². The third-order valence-electron chi connectivity index (χ3n) is 6.23. The van der Waals surface area contributed by atoms with Gasteiger partial charge in [0.1, 0.15) is 22.7 Å². The van der Waals surface area contributed by atoms with Crippen LogP contribution in [-0.4, -0.2) is 26.8 Å². The number of hydrogen-bond acceptors (Lipinski definition) is 5. The van der Waals surface area contributed by atoms with E-state index in [4.69, 9.17) is 4.74 Å². The Morgan fingerprint density at radius 1 is 0.816 bits per heavy atom. The summed E-state index contributed by atoms with van der Waals surface area (Å²) < 4.78 is 5.89. The van der Waals surface area contributed by atoms with Crippen molar-refractivity contribution in [2.24, 2.45) is 0 Å². The number of para-hydroxylation sites is 2. The van der Waals surface area contributed by atoms with Crippen molar-refractivity contribution >= 4 is 39.6 Å². The molecule has 8 heteroatoms. The lowest BCUT2D eigenvalue weighted by molar-refractivity contribution is 0.0964. The lowest BCUT2D eigenvalue weighted by Crippen LogP contribution is -2.24. The van der Waals surface area contributed by atoms with Gasteiger partial charge in [0.05, 0.1) is 11.1 Å². The van der Waals surface area contributed by atoms with E-state index in [1.807, 2.05) is 66.7 Å². The first-order valence-corrected chi connectivity index (χ1v) is 12.2. The molecule has 186 valence electrons. The van der Waals surface area contributed by atoms with Crippen LogP contribution >= 0.6 is 0 Å². The number of rotatable bonds is 6. The van der Waals surface area contributed by atoms with Crippen molar-refractivity contribution < 1.29 is 14.3 Å². The van der Waals surface area contributed by atoms with Crippen LogP contribution in [0.15, 0.2) is 109 Å². The Balaban J connectivity index is 1.17. The molecule has 38 heavy (non-hydrogen) atoms. The number of benzene rings is 3. The van der Waals surface area contributed by atoms with E-state index in [2.05, 4.69) is 25.6 Å². The standard InChI is InChI=1S/C30H23N5O3/c36-28(32-21-13-15-23(16-14-21)38-22-9-2-1-3-10-22)24-11-6-12-25-27(24)34-30(33-25)35-29(37)26-17-19-7-4-5-8-20(19)18-31-26/h1-13,15,17-18H,14,16H2,(H,32,36)(H2,33,34,35,37). The van der Waals surface area contributed by atoms with E-state index >= 15 is 0 Å². The Hall–Kier alpha value is -5.24. The predicted octanol–water partition coefficient (Wildman–Crippen LogP) is 5.73. The molecule has 0 unspecified atom stereocenters. The van der Waals surface area contributed by atoms with E-state index in [1.54, 1.807) is 30.5 Å². The Kier molecular flexibility index (Phi) is 6.11.